The van der Waals surface area contributed by atoms with E-state index < -0.39 is 0 Å². The first kappa shape index (κ1) is 14.0. The van der Waals surface area contributed by atoms with Crippen molar-refractivity contribution in [3.05, 3.63) is 55.3 Å². The van der Waals surface area contributed by atoms with Crippen LogP contribution in [-0.4, -0.2) is 0 Å². The van der Waals surface area contributed by atoms with E-state index in [1.807, 2.05) is 11.3 Å². The summed E-state index contributed by atoms with van der Waals surface area (Å²) in [6.45, 7) is 2.19. The highest BCUT2D eigenvalue weighted by Gasteiger charge is 2.12. The Hall–Kier alpha value is -0.430. The summed E-state index contributed by atoms with van der Waals surface area (Å²) in [7, 11) is 0. The molecular formula is C14H17IN2S. The lowest BCUT2D eigenvalue weighted by atomic mass is 10.0. The van der Waals surface area contributed by atoms with Crippen molar-refractivity contribution in [1.82, 2.24) is 5.43 Å². The van der Waals surface area contributed by atoms with E-state index >= 15 is 0 Å². The molecule has 0 saturated heterocycles. The van der Waals surface area contributed by atoms with Crippen LogP contribution < -0.4 is 11.3 Å². The molecule has 1 aromatic carbocycles. The third kappa shape index (κ3) is 3.54. The minimum Gasteiger partial charge on any atom is -0.271 e. The van der Waals surface area contributed by atoms with E-state index in [-0.39, 0.29) is 6.04 Å². The molecule has 0 radical (unpaired) electrons. The molecule has 4 heteroatoms. The number of nitrogens with two attached hydrogens (primary N) is 1. The van der Waals surface area contributed by atoms with Crippen LogP contribution in [0.15, 0.2) is 36.4 Å². The molecule has 0 bridgehead atoms. The second-order valence-corrected chi connectivity index (χ2v) is 6.70. The zero-order valence-corrected chi connectivity index (χ0v) is 13.3. The number of nitrogens with one attached hydrogen (secondary N) is 1. The van der Waals surface area contributed by atoms with E-state index in [1.54, 1.807) is 0 Å². The fourth-order valence-corrected chi connectivity index (χ4v) is 3.49. The van der Waals surface area contributed by atoms with Crippen molar-refractivity contribution < 1.29 is 0 Å². The van der Waals surface area contributed by atoms with Crippen molar-refractivity contribution in [2.24, 2.45) is 5.84 Å². The van der Waals surface area contributed by atoms with E-state index in [4.69, 9.17) is 5.84 Å². The number of thiophene rings is 1. The molecule has 18 heavy (non-hydrogen) atoms. The molecule has 1 atom stereocenters. The highest BCUT2D eigenvalue weighted by atomic mass is 127. The third-order valence-corrected chi connectivity index (χ3v) is 4.85. The molecule has 1 aromatic heterocycles. The molecule has 1 unspecified atom stereocenters. The van der Waals surface area contributed by atoms with Crippen molar-refractivity contribution in [2.75, 3.05) is 0 Å². The summed E-state index contributed by atoms with van der Waals surface area (Å²) in [5, 5.41) is 0. The molecule has 0 aliphatic carbocycles. The summed E-state index contributed by atoms with van der Waals surface area (Å²) in [4.78, 5) is 2.82. The lowest BCUT2D eigenvalue weighted by molar-refractivity contribution is 0.555. The number of hydrazine groups is 1. The van der Waals surface area contributed by atoms with Gasteiger partial charge in [0.2, 0.25) is 0 Å². The Balaban J connectivity index is 2.14. The number of rotatable bonds is 5. The predicted octanol–water partition coefficient (Wildman–Crippen LogP) is 3.66. The Morgan fingerprint density at radius 3 is 2.67 bits per heavy atom. The summed E-state index contributed by atoms with van der Waals surface area (Å²) in [5.41, 5.74) is 4.17. The topological polar surface area (TPSA) is 38.0 Å². The summed E-state index contributed by atoms with van der Waals surface area (Å²) in [5.74, 6) is 5.69. The van der Waals surface area contributed by atoms with E-state index in [0.29, 0.717) is 0 Å². The summed E-state index contributed by atoms with van der Waals surface area (Å²) < 4.78 is 1.24. The van der Waals surface area contributed by atoms with Gasteiger partial charge in [-0.3, -0.25) is 11.3 Å². The molecule has 0 aliphatic heterocycles. The highest BCUT2D eigenvalue weighted by Crippen LogP contribution is 2.24. The molecule has 1 heterocycles. The van der Waals surface area contributed by atoms with Crippen LogP contribution in [0.3, 0.4) is 0 Å². The van der Waals surface area contributed by atoms with Crippen molar-refractivity contribution in [2.45, 2.75) is 25.8 Å². The number of aryl methyl sites for hydroxylation is 1. The van der Waals surface area contributed by atoms with Crippen LogP contribution in [0.4, 0.5) is 0 Å². The monoisotopic (exact) mass is 372 g/mol. The van der Waals surface area contributed by atoms with Crippen molar-refractivity contribution >= 4 is 33.9 Å². The van der Waals surface area contributed by atoms with Crippen LogP contribution in [-0.2, 0) is 12.8 Å². The Bertz CT molecular complexity index is 510. The normalized spacial score (nSPS) is 12.6. The molecule has 0 fully saturated rings. The molecule has 96 valence electrons. The lowest BCUT2D eigenvalue weighted by Gasteiger charge is -2.15. The van der Waals surface area contributed by atoms with E-state index in [9.17, 15) is 0 Å². The maximum Gasteiger partial charge on any atom is 0.0508 e. The van der Waals surface area contributed by atoms with Gasteiger partial charge >= 0.3 is 0 Å². The minimum atomic E-state index is 0.183. The Kier molecular flexibility index (Phi) is 5.17. The maximum atomic E-state index is 5.69. The first-order valence-electron chi connectivity index (χ1n) is 6.02. The molecule has 2 aromatic rings. The molecule has 3 N–H and O–H groups in total. The first-order chi connectivity index (χ1) is 8.72. The molecule has 0 spiro atoms. The fraction of sp³-hybridized carbons (Fsp3) is 0.286. The van der Waals surface area contributed by atoms with Gasteiger partial charge in [0.15, 0.2) is 0 Å². The number of benzene rings is 1. The SMILES string of the molecule is CCc1ccc(CC(NN)c2cccc(I)c2)s1. The van der Waals surface area contributed by atoms with Gasteiger partial charge in [0.1, 0.15) is 0 Å². The van der Waals surface area contributed by atoms with Gasteiger partial charge in [0.25, 0.3) is 0 Å². The summed E-state index contributed by atoms with van der Waals surface area (Å²) in [6.07, 6.45) is 2.05. The van der Waals surface area contributed by atoms with Crippen molar-refractivity contribution in [3.8, 4) is 0 Å². The molecule has 0 saturated carbocycles. The molecule has 0 amide bonds. The Morgan fingerprint density at radius 1 is 1.28 bits per heavy atom. The Labute approximate surface area is 126 Å². The van der Waals surface area contributed by atoms with Gasteiger partial charge in [-0.2, -0.15) is 0 Å². The predicted molar refractivity (Wildman–Crippen MR) is 86.6 cm³/mol. The van der Waals surface area contributed by atoms with Gasteiger partial charge in [-0.1, -0.05) is 19.1 Å². The number of hydrogen-bond donors (Lipinski definition) is 2. The van der Waals surface area contributed by atoms with Crippen LogP contribution in [0.25, 0.3) is 0 Å². The molecule has 0 aliphatic rings. The molecule has 2 rings (SSSR count). The van der Waals surface area contributed by atoms with Gasteiger partial charge in [-0.05, 0) is 58.8 Å². The van der Waals surface area contributed by atoms with Gasteiger partial charge in [0.05, 0.1) is 6.04 Å². The maximum absolute atomic E-state index is 5.69. The van der Waals surface area contributed by atoms with Gasteiger partial charge < -0.3 is 0 Å². The van der Waals surface area contributed by atoms with Gasteiger partial charge in [-0.15, -0.1) is 11.3 Å². The first-order valence-corrected chi connectivity index (χ1v) is 7.91. The van der Waals surface area contributed by atoms with E-state index in [0.717, 1.165) is 12.8 Å². The number of halogens is 1. The Morgan fingerprint density at radius 2 is 2.06 bits per heavy atom. The molecular weight excluding hydrogens is 355 g/mol. The van der Waals surface area contributed by atoms with E-state index in [2.05, 4.69) is 71.3 Å². The van der Waals surface area contributed by atoms with Crippen LogP contribution in [0, 0.1) is 3.57 Å². The standard InChI is InChI=1S/C14H17IN2S/c1-2-12-6-7-13(18-12)9-14(17-16)10-4-3-5-11(15)8-10/h3-8,14,17H,2,9,16H2,1H3. The second kappa shape index (κ2) is 6.65. The van der Waals surface area contributed by atoms with Gasteiger partial charge in [0, 0.05) is 19.7 Å². The van der Waals surface area contributed by atoms with Crippen LogP contribution in [0.1, 0.15) is 28.3 Å². The summed E-state index contributed by atoms with van der Waals surface area (Å²) in [6, 6.07) is 13.1. The zero-order valence-electron chi connectivity index (χ0n) is 10.3. The highest BCUT2D eigenvalue weighted by molar-refractivity contribution is 14.1. The van der Waals surface area contributed by atoms with Crippen LogP contribution in [0.5, 0.6) is 0 Å². The quantitative estimate of drug-likeness (QED) is 0.478. The largest absolute Gasteiger partial charge is 0.271 e. The minimum absolute atomic E-state index is 0.183. The second-order valence-electron chi connectivity index (χ2n) is 4.20. The average Bonchev–Trinajstić information content (AvgIpc) is 2.83. The fourth-order valence-electron chi connectivity index (χ4n) is 1.92. The third-order valence-electron chi connectivity index (χ3n) is 2.92. The van der Waals surface area contributed by atoms with Crippen LogP contribution in [0.2, 0.25) is 0 Å². The van der Waals surface area contributed by atoms with Crippen molar-refractivity contribution in [1.29, 1.82) is 0 Å². The zero-order chi connectivity index (χ0) is 13.0. The van der Waals surface area contributed by atoms with Gasteiger partial charge in [-0.25, -0.2) is 0 Å². The smallest absolute Gasteiger partial charge is 0.0508 e. The molecule has 2 nitrogen and oxygen atoms in total. The average molecular weight is 372 g/mol. The van der Waals surface area contributed by atoms with Crippen molar-refractivity contribution in [3.63, 3.8) is 0 Å². The van der Waals surface area contributed by atoms with E-state index in [1.165, 1.54) is 18.9 Å². The number of hydrogen-bond acceptors (Lipinski definition) is 3. The van der Waals surface area contributed by atoms with Crippen LogP contribution >= 0.6 is 33.9 Å². The summed E-state index contributed by atoms with van der Waals surface area (Å²) >= 11 is 4.21. The lowest BCUT2D eigenvalue weighted by Crippen LogP contribution is -2.29.